The molecule has 0 bridgehead atoms. The lowest BCUT2D eigenvalue weighted by atomic mass is 10.1. The van der Waals surface area contributed by atoms with Gasteiger partial charge in [-0.3, -0.25) is 0 Å². The zero-order chi connectivity index (χ0) is 11.6. The van der Waals surface area contributed by atoms with Crippen molar-refractivity contribution in [2.75, 3.05) is 31.1 Å². The van der Waals surface area contributed by atoms with Gasteiger partial charge in [-0.15, -0.1) is 0 Å². The summed E-state index contributed by atoms with van der Waals surface area (Å²) in [6.07, 6.45) is 5.38. The minimum Gasteiger partial charge on any atom is -0.317 e. The van der Waals surface area contributed by atoms with Crippen LogP contribution >= 0.6 is 11.8 Å². The first-order valence-corrected chi connectivity index (χ1v) is 7.96. The second-order valence-electron chi connectivity index (χ2n) is 5.15. The summed E-state index contributed by atoms with van der Waals surface area (Å²) in [5.74, 6) is 3.46. The molecule has 0 aromatic carbocycles. The summed E-state index contributed by atoms with van der Waals surface area (Å²) in [5.41, 5.74) is 0. The Balaban J connectivity index is 1.80. The molecular formula is C13H28N2S. The smallest absolute Gasteiger partial charge is 0.0170 e. The average molecular weight is 244 g/mol. The molecule has 16 heavy (non-hydrogen) atoms. The van der Waals surface area contributed by atoms with Crippen molar-refractivity contribution in [2.45, 2.75) is 45.6 Å². The van der Waals surface area contributed by atoms with E-state index in [-0.39, 0.29) is 0 Å². The van der Waals surface area contributed by atoms with Gasteiger partial charge in [0.25, 0.3) is 0 Å². The van der Waals surface area contributed by atoms with Gasteiger partial charge < -0.3 is 10.6 Å². The first-order chi connectivity index (χ1) is 7.79. The van der Waals surface area contributed by atoms with E-state index in [9.17, 15) is 0 Å². The van der Waals surface area contributed by atoms with Crippen molar-refractivity contribution in [3.63, 3.8) is 0 Å². The van der Waals surface area contributed by atoms with Crippen LogP contribution in [-0.4, -0.2) is 37.2 Å². The van der Waals surface area contributed by atoms with E-state index in [0.29, 0.717) is 0 Å². The molecule has 0 radical (unpaired) electrons. The second kappa shape index (κ2) is 9.32. The van der Waals surface area contributed by atoms with Crippen LogP contribution in [0.15, 0.2) is 0 Å². The maximum absolute atomic E-state index is 3.58. The Bertz CT molecular complexity index is 156. The maximum Gasteiger partial charge on any atom is 0.0170 e. The summed E-state index contributed by atoms with van der Waals surface area (Å²) in [6.45, 7) is 8.19. The van der Waals surface area contributed by atoms with Crippen LogP contribution < -0.4 is 10.6 Å². The Morgan fingerprint density at radius 3 is 2.88 bits per heavy atom. The van der Waals surface area contributed by atoms with E-state index in [0.717, 1.165) is 12.0 Å². The number of rotatable bonds is 8. The number of unbranched alkanes of at least 4 members (excludes halogenated alkanes) is 1. The molecule has 2 nitrogen and oxygen atoms in total. The molecule has 1 aliphatic heterocycles. The van der Waals surface area contributed by atoms with Gasteiger partial charge in [-0.05, 0) is 31.8 Å². The molecule has 1 heterocycles. The third-order valence-corrected chi connectivity index (χ3v) is 4.18. The van der Waals surface area contributed by atoms with Crippen LogP contribution in [0.1, 0.15) is 39.5 Å². The lowest BCUT2D eigenvalue weighted by molar-refractivity contribution is 0.485. The van der Waals surface area contributed by atoms with Crippen molar-refractivity contribution in [1.29, 1.82) is 0 Å². The molecule has 0 aliphatic carbocycles. The summed E-state index contributed by atoms with van der Waals surface area (Å²) >= 11 is 2.09. The van der Waals surface area contributed by atoms with E-state index < -0.39 is 0 Å². The quantitative estimate of drug-likeness (QED) is 0.642. The van der Waals surface area contributed by atoms with Gasteiger partial charge in [0, 0.05) is 24.1 Å². The topological polar surface area (TPSA) is 24.1 Å². The number of nitrogens with one attached hydrogen (secondary N) is 2. The Morgan fingerprint density at radius 2 is 2.19 bits per heavy atom. The standard InChI is InChI=1S/C13H28N2S/c1-12(2)5-3-4-7-14-8-6-13-11-16-10-9-15-13/h12-15H,3-11H2,1-2H3. The molecule has 0 saturated carbocycles. The van der Waals surface area contributed by atoms with Crippen molar-refractivity contribution in [1.82, 2.24) is 10.6 Å². The molecule has 1 unspecified atom stereocenters. The van der Waals surface area contributed by atoms with Crippen LogP contribution in [0.3, 0.4) is 0 Å². The zero-order valence-corrected chi connectivity index (χ0v) is 11.7. The van der Waals surface area contributed by atoms with E-state index in [1.807, 2.05) is 0 Å². The lowest BCUT2D eigenvalue weighted by Crippen LogP contribution is -2.39. The van der Waals surface area contributed by atoms with Crippen molar-refractivity contribution in [3.8, 4) is 0 Å². The summed E-state index contributed by atoms with van der Waals surface area (Å²) in [5, 5.41) is 7.13. The van der Waals surface area contributed by atoms with E-state index in [4.69, 9.17) is 0 Å². The van der Waals surface area contributed by atoms with Crippen LogP contribution in [0.5, 0.6) is 0 Å². The normalized spacial score (nSPS) is 21.6. The fourth-order valence-electron chi connectivity index (χ4n) is 2.01. The first-order valence-electron chi connectivity index (χ1n) is 6.81. The molecule has 1 rings (SSSR count). The molecule has 0 aromatic heterocycles. The number of thioether (sulfide) groups is 1. The summed E-state index contributed by atoms with van der Waals surface area (Å²) in [7, 11) is 0. The van der Waals surface area contributed by atoms with Crippen LogP contribution in [0.2, 0.25) is 0 Å². The summed E-state index contributed by atoms with van der Waals surface area (Å²) in [4.78, 5) is 0. The van der Waals surface area contributed by atoms with Crippen LogP contribution in [0, 0.1) is 5.92 Å². The fraction of sp³-hybridized carbons (Fsp3) is 1.00. The van der Waals surface area contributed by atoms with E-state index in [1.54, 1.807) is 0 Å². The predicted octanol–water partition coefficient (Wildman–Crippen LogP) is 2.50. The molecule has 1 atom stereocenters. The fourth-order valence-corrected chi connectivity index (χ4v) is 3.01. The number of hydrogen-bond donors (Lipinski definition) is 2. The second-order valence-corrected chi connectivity index (χ2v) is 6.30. The Labute approximate surface area is 105 Å². The minimum atomic E-state index is 0.752. The lowest BCUT2D eigenvalue weighted by Gasteiger charge is -2.23. The molecule has 2 N–H and O–H groups in total. The van der Waals surface area contributed by atoms with Gasteiger partial charge in [0.05, 0.1) is 0 Å². The van der Waals surface area contributed by atoms with Crippen LogP contribution in [-0.2, 0) is 0 Å². The van der Waals surface area contributed by atoms with Crippen molar-refractivity contribution >= 4 is 11.8 Å². The average Bonchev–Trinajstić information content (AvgIpc) is 2.29. The summed E-state index contributed by atoms with van der Waals surface area (Å²) in [6, 6.07) is 0.752. The Morgan fingerprint density at radius 1 is 1.31 bits per heavy atom. The molecule has 96 valence electrons. The molecule has 0 aromatic rings. The van der Waals surface area contributed by atoms with E-state index >= 15 is 0 Å². The molecule has 1 aliphatic rings. The summed E-state index contributed by atoms with van der Waals surface area (Å²) < 4.78 is 0. The Hall–Kier alpha value is 0.270. The Kier molecular flexibility index (Phi) is 8.34. The SMILES string of the molecule is CC(C)CCCCNCCC1CSCCN1. The van der Waals surface area contributed by atoms with Gasteiger partial charge in [-0.25, -0.2) is 0 Å². The molecule has 1 fully saturated rings. The minimum absolute atomic E-state index is 0.752. The third kappa shape index (κ3) is 7.53. The van der Waals surface area contributed by atoms with Gasteiger partial charge in [0.15, 0.2) is 0 Å². The largest absolute Gasteiger partial charge is 0.317 e. The molecule has 1 saturated heterocycles. The highest BCUT2D eigenvalue weighted by Crippen LogP contribution is 2.09. The highest BCUT2D eigenvalue weighted by Gasteiger charge is 2.11. The highest BCUT2D eigenvalue weighted by atomic mass is 32.2. The van der Waals surface area contributed by atoms with Gasteiger partial charge in [0.2, 0.25) is 0 Å². The predicted molar refractivity (Wildman–Crippen MR) is 75.3 cm³/mol. The molecule has 0 spiro atoms. The first kappa shape index (κ1) is 14.3. The monoisotopic (exact) mass is 244 g/mol. The molecule has 3 heteroatoms. The molecule has 0 amide bonds. The molecular weight excluding hydrogens is 216 g/mol. The van der Waals surface area contributed by atoms with Crippen LogP contribution in [0.4, 0.5) is 0 Å². The zero-order valence-electron chi connectivity index (χ0n) is 10.9. The number of hydrogen-bond acceptors (Lipinski definition) is 3. The van der Waals surface area contributed by atoms with Gasteiger partial charge in [-0.2, -0.15) is 11.8 Å². The maximum atomic E-state index is 3.58. The van der Waals surface area contributed by atoms with Gasteiger partial charge in [0.1, 0.15) is 0 Å². The third-order valence-electron chi connectivity index (χ3n) is 3.05. The van der Waals surface area contributed by atoms with Gasteiger partial charge in [-0.1, -0.05) is 26.7 Å². The van der Waals surface area contributed by atoms with E-state index in [1.165, 1.54) is 56.8 Å². The van der Waals surface area contributed by atoms with Gasteiger partial charge >= 0.3 is 0 Å². The van der Waals surface area contributed by atoms with Crippen LogP contribution in [0.25, 0.3) is 0 Å². The van der Waals surface area contributed by atoms with Crippen molar-refractivity contribution < 1.29 is 0 Å². The highest BCUT2D eigenvalue weighted by molar-refractivity contribution is 7.99. The van der Waals surface area contributed by atoms with E-state index in [2.05, 4.69) is 36.2 Å². The van der Waals surface area contributed by atoms with Crippen molar-refractivity contribution in [3.05, 3.63) is 0 Å². The van der Waals surface area contributed by atoms with Crippen molar-refractivity contribution in [2.24, 2.45) is 5.92 Å².